The predicted octanol–water partition coefficient (Wildman–Crippen LogP) is 1.19. The fourth-order valence-electron chi connectivity index (χ4n) is 3.98. The number of ether oxygens (including phenoxy) is 3. The molecule has 4 rings (SSSR count). The SMILES string of the molecule is O=C(COC(=O)CN1C(=O)C2CC=CCC2C1=O)Nc1cc2c(cc1[N+](=O)[O-])OCCCO2. The molecule has 2 unspecified atom stereocenters. The minimum atomic E-state index is -0.938. The molecule has 1 aromatic carbocycles. The molecule has 1 saturated heterocycles. The summed E-state index contributed by atoms with van der Waals surface area (Å²) in [5, 5.41) is 13.7. The average molecular weight is 459 g/mol. The smallest absolute Gasteiger partial charge is 0.326 e. The zero-order valence-corrected chi connectivity index (χ0v) is 17.5. The van der Waals surface area contributed by atoms with Crippen molar-refractivity contribution >= 4 is 35.1 Å². The minimum absolute atomic E-state index is 0.147. The number of likely N-dealkylation sites (tertiary alicyclic amines) is 1. The van der Waals surface area contributed by atoms with Crippen LogP contribution in [-0.4, -0.2) is 59.9 Å². The van der Waals surface area contributed by atoms with Gasteiger partial charge in [-0.1, -0.05) is 12.2 Å². The first-order valence-corrected chi connectivity index (χ1v) is 10.4. The number of benzene rings is 1. The highest BCUT2D eigenvalue weighted by molar-refractivity contribution is 6.07. The lowest BCUT2D eigenvalue weighted by atomic mass is 9.85. The van der Waals surface area contributed by atoms with E-state index in [1.807, 2.05) is 12.2 Å². The summed E-state index contributed by atoms with van der Waals surface area (Å²) in [6.45, 7) is -0.662. The number of carbonyl (C=O) groups excluding carboxylic acids is 4. The fraction of sp³-hybridized carbons (Fsp3) is 0.429. The van der Waals surface area contributed by atoms with Crippen molar-refractivity contribution < 1.29 is 38.3 Å². The van der Waals surface area contributed by atoms with Gasteiger partial charge in [0.15, 0.2) is 18.1 Å². The summed E-state index contributed by atoms with van der Waals surface area (Å²) in [5.74, 6) is -3.15. The monoisotopic (exact) mass is 459 g/mol. The molecular weight excluding hydrogens is 438 g/mol. The van der Waals surface area contributed by atoms with Crippen LogP contribution < -0.4 is 14.8 Å². The van der Waals surface area contributed by atoms with Crippen LogP contribution in [0.1, 0.15) is 19.3 Å². The van der Waals surface area contributed by atoms with Crippen molar-refractivity contribution in [3.05, 3.63) is 34.4 Å². The maximum atomic E-state index is 12.4. The third-order valence-corrected chi connectivity index (χ3v) is 5.59. The van der Waals surface area contributed by atoms with Crippen LogP contribution in [-0.2, 0) is 23.9 Å². The number of nitro benzene ring substituents is 1. The summed E-state index contributed by atoms with van der Waals surface area (Å²) >= 11 is 0. The molecule has 2 aliphatic heterocycles. The van der Waals surface area contributed by atoms with E-state index in [0.29, 0.717) is 32.5 Å². The lowest BCUT2D eigenvalue weighted by Gasteiger charge is -2.14. The van der Waals surface area contributed by atoms with Crippen LogP contribution in [0, 0.1) is 22.0 Å². The number of esters is 1. The van der Waals surface area contributed by atoms with Gasteiger partial charge in [0.2, 0.25) is 11.8 Å². The van der Waals surface area contributed by atoms with Gasteiger partial charge in [-0.3, -0.25) is 34.2 Å². The van der Waals surface area contributed by atoms with Crippen molar-refractivity contribution in [1.29, 1.82) is 0 Å². The molecular formula is C21H21N3O9. The van der Waals surface area contributed by atoms with Crippen LogP contribution in [0.25, 0.3) is 0 Å². The second-order valence-electron chi connectivity index (χ2n) is 7.75. The molecule has 3 amide bonds. The Kier molecular flexibility index (Phi) is 6.24. The van der Waals surface area contributed by atoms with Crippen molar-refractivity contribution in [3.8, 4) is 11.5 Å². The third-order valence-electron chi connectivity index (χ3n) is 5.59. The van der Waals surface area contributed by atoms with Gasteiger partial charge >= 0.3 is 5.97 Å². The number of nitrogens with zero attached hydrogens (tertiary/aromatic N) is 2. The maximum absolute atomic E-state index is 12.4. The van der Waals surface area contributed by atoms with E-state index in [9.17, 15) is 29.3 Å². The van der Waals surface area contributed by atoms with Crippen molar-refractivity contribution in [1.82, 2.24) is 4.90 Å². The summed E-state index contributed by atoms with van der Waals surface area (Å²) in [5.41, 5.74) is -0.560. The Morgan fingerprint density at radius 3 is 2.30 bits per heavy atom. The Morgan fingerprint density at radius 2 is 1.70 bits per heavy atom. The second-order valence-corrected chi connectivity index (χ2v) is 7.75. The van der Waals surface area contributed by atoms with E-state index in [0.717, 1.165) is 11.0 Å². The summed E-state index contributed by atoms with van der Waals surface area (Å²) < 4.78 is 15.8. The number of amides is 3. The van der Waals surface area contributed by atoms with E-state index in [-0.39, 0.29) is 17.2 Å². The number of hydrogen-bond acceptors (Lipinski definition) is 9. The lowest BCUT2D eigenvalue weighted by Crippen LogP contribution is -2.37. The van der Waals surface area contributed by atoms with Crippen LogP contribution in [0.5, 0.6) is 11.5 Å². The number of rotatable bonds is 6. The van der Waals surface area contributed by atoms with Crippen LogP contribution in [0.3, 0.4) is 0 Å². The number of fused-ring (bicyclic) bond motifs is 2. The third kappa shape index (κ3) is 4.64. The summed E-state index contributed by atoms with van der Waals surface area (Å²) in [6, 6.07) is 2.43. The van der Waals surface area contributed by atoms with E-state index >= 15 is 0 Å². The Bertz CT molecular complexity index is 1030. The van der Waals surface area contributed by atoms with Crippen molar-refractivity contribution in [2.45, 2.75) is 19.3 Å². The van der Waals surface area contributed by atoms with Gasteiger partial charge in [0.1, 0.15) is 12.2 Å². The fourth-order valence-corrected chi connectivity index (χ4v) is 3.98. The molecule has 2 atom stereocenters. The molecule has 1 N–H and O–H groups in total. The van der Waals surface area contributed by atoms with Gasteiger partial charge in [0, 0.05) is 12.5 Å². The Hall–Kier alpha value is -3.96. The normalized spacial score (nSPS) is 21.3. The van der Waals surface area contributed by atoms with E-state index < -0.39 is 59.3 Å². The van der Waals surface area contributed by atoms with E-state index in [1.165, 1.54) is 6.07 Å². The molecule has 0 radical (unpaired) electrons. The van der Waals surface area contributed by atoms with Gasteiger partial charge in [-0.25, -0.2) is 0 Å². The van der Waals surface area contributed by atoms with E-state index in [2.05, 4.69) is 5.32 Å². The number of imide groups is 1. The van der Waals surface area contributed by atoms with Gasteiger partial charge in [-0.05, 0) is 12.8 Å². The summed E-state index contributed by atoms with van der Waals surface area (Å²) in [7, 11) is 0. The standard InChI is InChI=1S/C21H21N3O9/c25-18(22-14-8-16-17(9-15(14)24(29)30)32-7-3-6-31-16)11-33-19(26)10-23-20(27)12-4-1-2-5-13(12)21(23)28/h1-2,8-9,12-13H,3-7,10-11H2,(H,22,25). The average Bonchev–Trinajstić information content (AvgIpc) is 2.94. The number of nitrogens with one attached hydrogen (secondary N) is 1. The van der Waals surface area contributed by atoms with Crippen molar-refractivity contribution in [3.63, 3.8) is 0 Å². The molecule has 1 aliphatic carbocycles. The first-order chi connectivity index (χ1) is 15.8. The summed E-state index contributed by atoms with van der Waals surface area (Å²) in [6.07, 6.45) is 5.14. The van der Waals surface area contributed by atoms with Gasteiger partial charge in [0.25, 0.3) is 11.6 Å². The molecule has 33 heavy (non-hydrogen) atoms. The molecule has 2 heterocycles. The molecule has 12 nitrogen and oxygen atoms in total. The molecule has 12 heteroatoms. The Morgan fingerprint density at radius 1 is 1.09 bits per heavy atom. The first kappa shape index (κ1) is 22.2. The van der Waals surface area contributed by atoms with Gasteiger partial charge in [-0.15, -0.1) is 0 Å². The molecule has 1 fully saturated rings. The lowest BCUT2D eigenvalue weighted by molar-refractivity contribution is -0.384. The predicted molar refractivity (Wildman–Crippen MR) is 110 cm³/mol. The van der Waals surface area contributed by atoms with Crippen molar-refractivity contribution in [2.24, 2.45) is 11.8 Å². The van der Waals surface area contributed by atoms with E-state index in [1.54, 1.807) is 0 Å². The number of hydrogen-bond donors (Lipinski definition) is 1. The molecule has 0 bridgehead atoms. The zero-order chi connectivity index (χ0) is 23.5. The highest BCUT2D eigenvalue weighted by atomic mass is 16.6. The van der Waals surface area contributed by atoms with Crippen LogP contribution in [0.2, 0.25) is 0 Å². The highest BCUT2D eigenvalue weighted by Crippen LogP contribution is 2.39. The largest absolute Gasteiger partial charge is 0.489 e. The molecule has 0 aromatic heterocycles. The highest BCUT2D eigenvalue weighted by Gasteiger charge is 2.47. The molecule has 0 spiro atoms. The molecule has 174 valence electrons. The van der Waals surface area contributed by atoms with Gasteiger partial charge in [-0.2, -0.15) is 0 Å². The first-order valence-electron chi connectivity index (χ1n) is 10.4. The maximum Gasteiger partial charge on any atom is 0.326 e. The number of nitro groups is 1. The molecule has 3 aliphatic rings. The Balaban J connectivity index is 1.35. The number of carbonyl (C=O) groups is 4. The molecule has 0 saturated carbocycles. The quantitative estimate of drug-likeness (QED) is 0.217. The van der Waals surface area contributed by atoms with Crippen LogP contribution >= 0.6 is 0 Å². The minimum Gasteiger partial charge on any atom is -0.489 e. The van der Waals surface area contributed by atoms with Crippen LogP contribution in [0.15, 0.2) is 24.3 Å². The topological polar surface area (TPSA) is 154 Å². The second kappa shape index (κ2) is 9.27. The number of allylic oxidation sites excluding steroid dienone is 2. The summed E-state index contributed by atoms with van der Waals surface area (Å²) in [4.78, 5) is 60.8. The zero-order valence-electron chi connectivity index (χ0n) is 17.5. The molecule has 1 aromatic rings. The Labute approximate surface area is 187 Å². The number of anilines is 1. The van der Waals surface area contributed by atoms with Gasteiger partial charge in [0.05, 0.1) is 36.0 Å². The van der Waals surface area contributed by atoms with E-state index in [4.69, 9.17) is 14.2 Å². The van der Waals surface area contributed by atoms with Crippen molar-refractivity contribution in [2.75, 3.05) is 31.7 Å². The van der Waals surface area contributed by atoms with Gasteiger partial charge < -0.3 is 19.5 Å². The van der Waals surface area contributed by atoms with Crippen LogP contribution in [0.4, 0.5) is 11.4 Å².